The maximum atomic E-state index is 13.3. The van der Waals surface area contributed by atoms with Crippen molar-refractivity contribution in [3.63, 3.8) is 0 Å². The summed E-state index contributed by atoms with van der Waals surface area (Å²) in [6.45, 7) is 3.07. The Labute approximate surface area is 107 Å². The van der Waals surface area contributed by atoms with Crippen LogP contribution in [0.1, 0.15) is 18.1 Å². The predicted molar refractivity (Wildman–Crippen MR) is 67.3 cm³/mol. The van der Waals surface area contributed by atoms with Crippen LogP contribution in [0.25, 0.3) is 0 Å². The minimum Gasteiger partial charge on any atom is -0.465 e. The van der Waals surface area contributed by atoms with Crippen LogP contribution in [0.4, 0.5) is 4.39 Å². The number of rotatable bonds is 6. The Morgan fingerprint density at radius 2 is 2.22 bits per heavy atom. The van der Waals surface area contributed by atoms with Crippen molar-refractivity contribution in [1.82, 2.24) is 4.90 Å². The lowest BCUT2D eigenvalue weighted by atomic mass is 10.1. The van der Waals surface area contributed by atoms with E-state index in [1.807, 2.05) is 11.9 Å². The number of hydrogen-bond acceptors (Lipinski definition) is 4. The molecule has 100 valence electrons. The summed E-state index contributed by atoms with van der Waals surface area (Å²) >= 11 is 0. The van der Waals surface area contributed by atoms with Crippen LogP contribution in [-0.2, 0) is 22.6 Å². The van der Waals surface area contributed by atoms with E-state index in [1.165, 1.54) is 6.07 Å². The standard InChI is InChI=1S/C13H19FN2O2/c1-3-18-13(17)9-16(2)8-10-4-5-12(14)11(6-10)7-15/h4-6H,3,7-9,15H2,1-2H3. The van der Waals surface area contributed by atoms with Crippen molar-refractivity contribution in [2.24, 2.45) is 5.73 Å². The zero-order valence-corrected chi connectivity index (χ0v) is 10.8. The molecular weight excluding hydrogens is 235 g/mol. The first-order chi connectivity index (χ1) is 8.56. The fraction of sp³-hybridized carbons (Fsp3) is 0.462. The number of benzene rings is 1. The van der Waals surface area contributed by atoms with Crippen LogP contribution in [0.15, 0.2) is 18.2 Å². The van der Waals surface area contributed by atoms with Crippen molar-refractivity contribution in [2.75, 3.05) is 20.2 Å². The van der Waals surface area contributed by atoms with Crippen molar-refractivity contribution in [2.45, 2.75) is 20.0 Å². The third-order valence-corrected chi connectivity index (χ3v) is 2.49. The van der Waals surface area contributed by atoms with Gasteiger partial charge in [-0.15, -0.1) is 0 Å². The molecule has 0 spiro atoms. The van der Waals surface area contributed by atoms with Gasteiger partial charge in [-0.1, -0.05) is 12.1 Å². The van der Waals surface area contributed by atoms with E-state index in [1.54, 1.807) is 19.1 Å². The summed E-state index contributed by atoms with van der Waals surface area (Å²) in [5.74, 6) is -0.560. The smallest absolute Gasteiger partial charge is 0.320 e. The molecule has 0 saturated heterocycles. The van der Waals surface area contributed by atoms with Crippen molar-refractivity contribution in [3.8, 4) is 0 Å². The quantitative estimate of drug-likeness (QED) is 0.777. The molecule has 1 aromatic carbocycles. The van der Waals surface area contributed by atoms with Gasteiger partial charge >= 0.3 is 5.97 Å². The van der Waals surface area contributed by atoms with Gasteiger partial charge in [-0.3, -0.25) is 9.69 Å². The molecule has 5 heteroatoms. The van der Waals surface area contributed by atoms with Gasteiger partial charge in [0.05, 0.1) is 13.2 Å². The highest BCUT2D eigenvalue weighted by molar-refractivity contribution is 5.71. The Bertz CT molecular complexity index is 410. The predicted octanol–water partition coefficient (Wildman–Crippen LogP) is 1.28. The van der Waals surface area contributed by atoms with E-state index in [2.05, 4.69) is 0 Å². The van der Waals surface area contributed by atoms with E-state index in [9.17, 15) is 9.18 Å². The third-order valence-electron chi connectivity index (χ3n) is 2.49. The Morgan fingerprint density at radius 3 is 2.83 bits per heavy atom. The molecule has 0 unspecified atom stereocenters. The van der Waals surface area contributed by atoms with Gasteiger partial charge in [0.25, 0.3) is 0 Å². The zero-order chi connectivity index (χ0) is 13.5. The van der Waals surface area contributed by atoms with Crippen LogP contribution in [0, 0.1) is 5.82 Å². The lowest BCUT2D eigenvalue weighted by molar-refractivity contribution is -0.144. The highest BCUT2D eigenvalue weighted by atomic mass is 19.1. The van der Waals surface area contributed by atoms with E-state index in [4.69, 9.17) is 10.5 Å². The second kappa shape index (κ2) is 7.08. The fourth-order valence-corrected chi connectivity index (χ4v) is 1.68. The zero-order valence-electron chi connectivity index (χ0n) is 10.8. The van der Waals surface area contributed by atoms with Crippen molar-refractivity contribution >= 4 is 5.97 Å². The molecule has 0 aliphatic rings. The van der Waals surface area contributed by atoms with Gasteiger partial charge in [-0.2, -0.15) is 0 Å². The maximum absolute atomic E-state index is 13.3. The molecule has 0 fully saturated rings. The first-order valence-electron chi connectivity index (χ1n) is 5.88. The summed E-state index contributed by atoms with van der Waals surface area (Å²) in [5, 5.41) is 0. The summed E-state index contributed by atoms with van der Waals surface area (Å²) in [4.78, 5) is 13.1. The Morgan fingerprint density at radius 1 is 1.50 bits per heavy atom. The van der Waals surface area contributed by atoms with Gasteiger partial charge in [0.15, 0.2) is 0 Å². The molecule has 0 bridgehead atoms. The molecule has 2 N–H and O–H groups in total. The average molecular weight is 254 g/mol. The second-order valence-corrected chi connectivity index (χ2v) is 4.11. The highest BCUT2D eigenvalue weighted by Gasteiger charge is 2.09. The first-order valence-corrected chi connectivity index (χ1v) is 5.88. The summed E-state index contributed by atoms with van der Waals surface area (Å²) in [6, 6.07) is 4.81. The second-order valence-electron chi connectivity index (χ2n) is 4.11. The SMILES string of the molecule is CCOC(=O)CN(C)Cc1ccc(F)c(CN)c1. The number of likely N-dealkylation sites (N-methyl/N-ethyl adjacent to an activating group) is 1. The molecule has 0 aliphatic carbocycles. The average Bonchev–Trinajstić information content (AvgIpc) is 2.31. The van der Waals surface area contributed by atoms with Crippen LogP contribution in [0.2, 0.25) is 0 Å². The van der Waals surface area contributed by atoms with Crippen LogP contribution in [0.3, 0.4) is 0 Å². The number of carbonyl (C=O) groups excluding carboxylic acids is 1. The molecule has 0 atom stereocenters. The van der Waals surface area contributed by atoms with Gasteiger partial charge in [0.1, 0.15) is 5.82 Å². The molecule has 18 heavy (non-hydrogen) atoms. The summed E-state index contributed by atoms with van der Waals surface area (Å²) in [7, 11) is 1.81. The minimum absolute atomic E-state index is 0.168. The molecule has 1 rings (SSSR count). The summed E-state index contributed by atoms with van der Waals surface area (Å²) < 4.78 is 18.1. The van der Waals surface area contributed by atoms with Gasteiger partial charge in [-0.05, 0) is 25.6 Å². The van der Waals surface area contributed by atoms with Crippen molar-refractivity contribution < 1.29 is 13.9 Å². The third kappa shape index (κ3) is 4.43. The Balaban J connectivity index is 2.59. The van der Waals surface area contributed by atoms with E-state index in [0.717, 1.165) is 5.56 Å². The van der Waals surface area contributed by atoms with Crippen molar-refractivity contribution in [1.29, 1.82) is 0 Å². The maximum Gasteiger partial charge on any atom is 0.320 e. The number of hydrogen-bond donors (Lipinski definition) is 1. The van der Waals surface area contributed by atoms with E-state index < -0.39 is 0 Å². The van der Waals surface area contributed by atoms with Crippen LogP contribution >= 0.6 is 0 Å². The molecular formula is C13H19FN2O2. The molecule has 0 amide bonds. The topological polar surface area (TPSA) is 55.6 Å². The Hall–Kier alpha value is -1.46. The fourth-order valence-electron chi connectivity index (χ4n) is 1.68. The highest BCUT2D eigenvalue weighted by Crippen LogP contribution is 2.11. The largest absolute Gasteiger partial charge is 0.465 e. The van der Waals surface area contributed by atoms with Gasteiger partial charge in [0.2, 0.25) is 0 Å². The number of nitrogens with two attached hydrogens (primary N) is 1. The molecule has 0 aromatic heterocycles. The monoisotopic (exact) mass is 254 g/mol. The molecule has 0 radical (unpaired) electrons. The summed E-state index contributed by atoms with van der Waals surface area (Å²) in [5.41, 5.74) is 6.85. The lowest BCUT2D eigenvalue weighted by Gasteiger charge is -2.16. The number of nitrogens with zero attached hydrogens (tertiary/aromatic N) is 1. The van der Waals surface area contributed by atoms with E-state index in [0.29, 0.717) is 18.7 Å². The van der Waals surface area contributed by atoms with Crippen molar-refractivity contribution in [3.05, 3.63) is 35.1 Å². The number of halogens is 1. The van der Waals surface area contributed by atoms with E-state index in [-0.39, 0.29) is 24.9 Å². The first kappa shape index (κ1) is 14.6. The lowest BCUT2D eigenvalue weighted by Crippen LogP contribution is -2.27. The Kier molecular flexibility index (Phi) is 5.74. The van der Waals surface area contributed by atoms with Crippen LogP contribution in [-0.4, -0.2) is 31.1 Å². The van der Waals surface area contributed by atoms with Crippen LogP contribution < -0.4 is 5.73 Å². The van der Waals surface area contributed by atoms with Gasteiger partial charge < -0.3 is 10.5 Å². The minimum atomic E-state index is -0.297. The number of ether oxygens (including phenoxy) is 1. The molecule has 0 heterocycles. The normalized spacial score (nSPS) is 10.7. The number of carbonyl (C=O) groups is 1. The van der Waals surface area contributed by atoms with E-state index >= 15 is 0 Å². The molecule has 4 nitrogen and oxygen atoms in total. The summed E-state index contributed by atoms with van der Waals surface area (Å²) in [6.07, 6.45) is 0. The molecule has 0 aliphatic heterocycles. The number of esters is 1. The van der Waals surface area contributed by atoms with Gasteiger partial charge in [0, 0.05) is 18.7 Å². The van der Waals surface area contributed by atoms with Crippen LogP contribution in [0.5, 0.6) is 0 Å². The molecule has 1 aromatic rings. The van der Waals surface area contributed by atoms with Gasteiger partial charge in [-0.25, -0.2) is 4.39 Å². The molecule has 0 saturated carbocycles.